The SMILES string of the molecule is CCC(O)CN1CC(O)CC1=O. The molecule has 1 rings (SSSR count). The molecular weight excluding hydrogens is 158 g/mol. The van der Waals surface area contributed by atoms with Crippen LogP contribution in [0.25, 0.3) is 0 Å². The van der Waals surface area contributed by atoms with Crippen molar-refractivity contribution in [2.45, 2.75) is 32.0 Å². The first-order valence-electron chi connectivity index (χ1n) is 4.27. The minimum atomic E-state index is -0.540. The Morgan fingerprint density at radius 2 is 2.42 bits per heavy atom. The molecule has 2 unspecified atom stereocenters. The highest BCUT2D eigenvalue weighted by atomic mass is 16.3. The Balaban J connectivity index is 2.37. The molecule has 2 N–H and O–H groups in total. The molecule has 0 aliphatic carbocycles. The molecule has 1 heterocycles. The Kier molecular flexibility index (Phi) is 3.05. The van der Waals surface area contributed by atoms with Crippen molar-refractivity contribution in [1.29, 1.82) is 0 Å². The Morgan fingerprint density at radius 3 is 2.83 bits per heavy atom. The summed E-state index contributed by atoms with van der Waals surface area (Å²) in [7, 11) is 0. The van der Waals surface area contributed by atoms with Crippen molar-refractivity contribution in [1.82, 2.24) is 4.90 Å². The van der Waals surface area contributed by atoms with Gasteiger partial charge in [-0.2, -0.15) is 0 Å². The van der Waals surface area contributed by atoms with Crippen LogP contribution >= 0.6 is 0 Å². The third-order valence-corrected chi connectivity index (χ3v) is 2.10. The summed E-state index contributed by atoms with van der Waals surface area (Å²) in [6, 6.07) is 0. The number of hydrogen-bond acceptors (Lipinski definition) is 3. The third-order valence-electron chi connectivity index (χ3n) is 2.10. The Morgan fingerprint density at radius 1 is 1.75 bits per heavy atom. The van der Waals surface area contributed by atoms with Crippen LogP contribution in [0, 0.1) is 0 Å². The summed E-state index contributed by atoms with van der Waals surface area (Å²) in [6.07, 6.45) is -0.156. The fraction of sp³-hybridized carbons (Fsp3) is 0.875. The zero-order chi connectivity index (χ0) is 9.14. The van der Waals surface area contributed by atoms with Crippen molar-refractivity contribution in [2.24, 2.45) is 0 Å². The first kappa shape index (κ1) is 9.48. The van der Waals surface area contributed by atoms with Crippen LogP contribution in [0.4, 0.5) is 0 Å². The molecule has 1 saturated heterocycles. The van der Waals surface area contributed by atoms with Crippen LogP contribution < -0.4 is 0 Å². The van der Waals surface area contributed by atoms with Crippen molar-refractivity contribution < 1.29 is 15.0 Å². The number of hydrogen-bond donors (Lipinski definition) is 2. The van der Waals surface area contributed by atoms with Crippen LogP contribution in [0.5, 0.6) is 0 Å². The number of aliphatic hydroxyl groups is 2. The molecule has 1 amide bonds. The van der Waals surface area contributed by atoms with Gasteiger partial charge in [0.05, 0.1) is 18.6 Å². The second-order valence-electron chi connectivity index (χ2n) is 3.22. The highest BCUT2D eigenvalue weighted by Crippen LogP contribution is 2.11. The van der Waals surface area contributed by atoms with Gasteiger partial charge in [0.2, 0.25) is 5.91 Å². The standard InChI is InChI=1S/C8H15NO3/c1-2-6(10)4-9-5-7(11)3-8(9)12/h6-7,10-11H,2-5H2,1H3. The van der Waals surface area contributed by atoms with E-state index in [9.17, 15) is 9.90 Å². The number of aliphatic hydroxyl groups excluding tert-OH is 2. The lowest BCUT2D eigenvalue weighted by Gasteiger charge is -2.18. The predicted octanol–water partition coefficient (Wildman–Crippen LogP) is -0.650. The first-order valence-corrected chi connectivity index (χ1v) is 4.27. The molecule has 2 atom stereocenters. The number of rotatable bonds is 3. The summed E-state index contributed by atoms with van der Waals surface area (Å²) in [6.45, 7) is 2.59. The van der Waals surface area contributed by atoms with Gasteiger partial charge in [-0.15, -0.1) is 0 Å². The monoisotopic (exact) mass is 173 g/mol. The van der Waals surface area contributed by atoms with Gasteiger partial charge in [-0.25, -0.2) is 0 Å². The van der Waals surface area contributed by atoms with E-state index >= 15 is 0 Å². The van der Waals surface area contributed by atoms with Crippen LogP contribution in [0.2, 0.25) is 0 Å². The maximum absolute atomic E-state index is 11.1. The van der Waals surface area contributed by atoms with E-state index < -0.39 is 12.2 Å². The Bertz CT molecular complexity index is 172. The lowest BCUT2D eigenvalue weighted by molar-refractivity contribution is -0.129. The van der Waals surface area contributed by atoms with Crippen molar-refractivity contribution in [3.8, 4) is 0 Å². The van der Waals surface area contributed by atoms with Gasteiger partial charge in [-0.1, -0.05) is 6.92 Å². The summed E-state index contributed by atoms with van der Waals surface area (Å²) in [5.74, 6) is -0.0602. The average molecular weight is 173 g/mol. The van der Waals surface area contributed by atoms with E-state index in [2.05, 4.69) is 0 Å². The summed E-state index contributed by atoms with van der Waals surface area (Å²) in [4.78, 5) is 12.6. The molecule has 0 aromatic rings. The lowest BCUT2D eigenvalue weighted by atomic mass is 10.2. The van der Waals surface area contributed by atoms with Gasteiger partial charge in [0.15, 0.2) is 0 Å². The van der Waals surface area contributed by atoms with Gasteiger partial charge >= 0.3 is 0 Å². The number of carbonyl (C=O) groups excluding carboxylic acids is 1. The third kappa shape index (κ3) is 2.19. The van der Waals surface area contributed by atoms with E-state index in [0.29, 0.717) is 19.5 Å². The molecule has 70 valence electrons. The largest absolute Gasteiger partial charge is 0.391 e. The van der Waals surface area contributed by atoms with Gasteiger partial charge in [-0.3, -0.25) is 4.79 Å². The first-order chi connectivity index (χ1) is 5.63. The molecule has 0 aromatic heterocycles. The molecule has 0 bridgehead atoms. The molecule has 12 heavy (non-hydrogen) atoms. The van der Waals surface area contributed by atoms with Gasteiger partial charge in [0.25, 0.3) is 0 Å². The summed E-state index contributed by atoms with van der Waals surface area (Å²) in [5, 5.41) is 18.4. The second-order valence-corrected chi connectivity index (χ2v) is 3.22. The highest BCUT2D eigenvalue weighted by molar-refractivity contribution is 5.79. The highest BCUT2D eigenvalue weighted by Gasteiger charge is 2.28. The van der Waals surface area contributed by atoms with E-state index in [0.717, 1.165) is 0 Å². The molecule has 0 radical (unpaired) electrons. The number of carbonyl (C=O) groups is 1. The maximum atomic E-state index is 11.1. The molecule has 1 aliphatic rings. The van der Waals surface area contributed by atoms with E-state index in [4.69, 9.17) is 5.11 Å². The fourth-order valence-electron chi connectivity index (χ4n) is 1.31. The summed E-state index contributed by atoms with van der Waals surface area (Å²) in [5.41, 5.74) is 0. The van der Waals surface area contributed by atoms with Crippen LogP contribution in [0.1, 0.15) is 19.8 Å². The topological polar surface area (TPSA) is 60.8 Å². The average Bonchev–Trinajstić information content (AvgIpc) is 2.30. The molecule has 1 fully saturated rings. The number of amides is 1. The molecule has 0 spiro atoms. The van der Waals surface area contributed by atoms with Crippen molar-refractivity contribution in [3.63, 3.8) is 0 Å². The van der Waals surface area contributed by atoms with Crippen LogP contribution in [-0.2, 0) is 4.79 Å². The zero-order valence-electron chi connectivity index (χ0n) is 7.23. The minimum Gasteiger partial charge on any atom is -0.391 e. The molecular formula is C8H15NO3. The predicted molar refractivity (Wildman–Crippen MR) is 43.5 cm³/mol. The van der Waals surface area contributed by atoms with Crippen LogP contribution in [0.15, 0.2) is 0 Å². The van der Waals surface area contributed by atoms with Crippen molar-refractivity contribution in [2.75, 3.05) is 13.1 Å². The van der Waals surface area contributed by atoms with E-state index in [1.165, 1.54) is 4.90 Å². The van der Waals surface area contributed by atoms with Crippen LogP contribution in [0.3, 0.4) is 0 Å². The molecule has 0 aromatic carbocycles. The zero-order valence-corrected chi connectivity index (χ0v) is 7.23. The van der Waals surface area contributed by atoms with Crippen LogP contribution in [-0.4, -0.2) is 46.3 Å². The number of β-amino-alcohol motifs (C(OH)–C–C–N with tert-alkyl or cyclic N) is 2. The van der Waals surface area contributed by atoms with Crippen molar-refractivity contribution >= 4 is 5.91 Å². The molecule has 4 nitrogen and oxygen atoms in total. The number of nitrogens with zero attached hydrogens (tertiary/aromatic N) is 1. The smallest absolute Gasteiger partial charge is 0.225 e. The lowest BCUT2D eigenvalue weighted by Crippen LogP contribution is -2.33. The van der Waals surface area contributed by atoms with Crippen molar-refractivity contribution in [3.05, 3.63) is 0 Å². The second kappa shape index (κ2) is 3.87. The van der Waals surface area contributed by atoms with Gasteiger partial charge in [0.1, 0.15) is 0 Å². The van der Waals surface area contributed by atoms with Gasteiger partial charge in [-0.05, 0) is 6.42 Å². The molecule has 1 aliphatic heterocycles. The maximum Gasteiger partial charge on any atom is 0.225 e. The van der Waals surface area contributed by atoms with Gasteiger partial charge < -0.3 is 15.1 Å². The number of likely N-dealkylation sites (tertiary alicyclic amines) is 1. The fourth-order valence-corrected chi connectivity index (χ4v) is 1.31. The minimum absolute atomic E-state index is 0.0602. The quantitative estimate of drug-likeness (QED) is 0.596. The normalized spacial score (nSPS) is 26.4. The molecule has 0 saturated carbocycles. The Hall–Kier alpha value is -0.610. The molecule has 4 heteroatoms. The van der Waals surface area contributed by atoms with E-state index in [1.54, 1.807) is 0 Å². The van der Waals surface area contributed by atoms with E-state index in [1.807, 2.05) is 6.92 Å². The van der Waals surface area contributed by atoms with Gasteiger partial charge in [0, 0.05) is 13.1 Å². The summed E-state index contributed by atoms with van der Waals surface area (Å²) < 4.78 is 0. The summed E-state index contributed by atoms with van der Waals surface area (Å²) >= 11 is 0. The van der Waals surface area contributed by atoms with E-state index in [-0.39, 0.29) is 12.3 Å². The Labute approximate surface area is 71.8 Å².